The van der Waals surface area contributed by atoms with Gasteiger partial charge >= 0.3 is 12.2 Å². The summed E-state index contributed by atoms with van der Waals surface area (Å²) >= 11 is 0. The summed E-state index contributed by atoms with van der Waals surface area (Å²) in [6.45, 7) is 5.28. The standard InChI is InChI=1S/C30H41N3O9/c1-22(33-30(36)42-21-27-25-9-5-3-7-23(25)24-8-4-6-10-26(24)27)28(34)32-11-12-37-13-14-38-15-16-39-17-18-40-19-20-41-29(35)31-2/h3-10,22,27H,11-21H2,1-2H3,(H,31,35)(H,32,34)(H,33,36)/t22-/m1/s1. The minimum Gasteiger partial charge on any atom is -0.449 e. The molecule has 0 unspecified atom stereocenters. The molecule has 0 bridgehead atoms. The predicted octanol–water partition coefficient (Wildman–Crippen LogP) is 2.45. The Morgan fingerprint density at radius 3 is 1.74 bits per heavy atom. The summed E-state index contributed by atoms with van der Waals surface area (Å²) in [5.74, 6) is -0.377. The van der Waals surface area contributed by atoms with Crippen LogP contribution in [0.25, 0.3) is 11.1 Å². The molecule has 230 valence electrons. The van der Waals surface area contributed by atoms with Crippen LogP contribution in [0.3, 0.4) is 0 Å². The Bertz CT molecular complexity index is 1090. The van der Waals surface area contributed by atoms with Crippen LogP contribution in [0.5, 0.6) is 0 Å². The smallest absolute Gasteiger partial charge is 0.407 e. The Morgan fingerprint density at radius 1 is 0.690 bits per heavy atom. The SMILES string of the molecule is CNC(=O)OCCOCCOCCOCCOCCNC(=O)[C@@H](C)NC(=O)OCC1c2ccccc2-c2ccccc21. The summed E-state index contributed by atoms with van der Waals surface area (Å²) in [5, 5.41) is 7.66. The second kappa shape index (κ2) is 18.7. The molecule has 1 atom stereocenters. The van der Waals surface area contributed by atoms with Crippen LogP contribution in [0, 0.1) is 0 Å². The molecule has 0 spiro atoms. The van der Waals surface area contributed by atoms with Crippen molar-refractivity contribution in [3.8, 4) is 11.1 Å². The molecule has 3 rings (SSSR count). The molecule has 2 aromatic rings. The van der Waals surface area contributed by atoms with Gasteiger partial charge in [-0.2, -0.15) is 0 Å². The Hall–Kier alpha value is -3.71. The zero-order valence-electron chi connectivity index (χ0n) is 24.2. The number of nitrogens with one attached hydrogen (secondary N) is 3. The van der Waals surface area contributed by atoms with Gasteiger partial charge in [0.25, 0.3) is 0 Å². The normalized spacial score (nSPS) is 12.6. The molecule has 1 aliphatic rings. The fraction of sp³-hybridized carbons (Fsp3) is 0.500. The molecule has 0 fully saturated rings. The molecule has 0 radical (unpaired) electrons. The second-order valence-electron chi connectivity index (χ2n) is 9.32. The van der Waals surface area contributed by atoms with Crippen LogP contribution in [-0.4, -0.2) is 104 Å². The van der Waals surface area contributed by atoms with Gasteiger partial charge in [-0.05, 0) is 29.2 Å². The Morgan fingerprint density at radius 2 is 1.19 bits per heavy atom. The van der Waals surface area contributed by atoms with E-state index < -0.39 is 18.2 Å². The minimum atomic E-state index is -0.759. The van der Waals surface area contributed by atoms with Crippen molar-refractivity contribution in [2.75, 3.05) is 79.7 Å². The third kappa shape index (κ3) is 10.9. The summed E-state index contributed by atoms with van der Waals surface area (Å²) in [5.41, 5.74) is 4.56. The summed E-state index contributed by atoms with van der Waals surface area (Å²) in [6, 6.07) is 15.5. The topological polar surface area (TPSA) is 143 Å². The average molecular weight is 588 g/mol. The third-order valence-corrected chi connectivity index (χ3v) is 6.40. The summed E-state index contributed by atoms with van der Waals surface area (Å²) < 4.78 is 31.8. The van der Waals surface area contributed by atoms with Crippen molar-refractivity contribution in [2.45, 2.75) is 18.9 Å². The monoisotopic (exact) mass is 587 g/mol. The molecule has 0 saturated heterocycles. The Kier molecular flexibility index (Phi) is 14.6. The van der Waals surface area contributed by atoms with Gasteiger partial charge in [0.15, 0.2) is 0 Å². The number of hydrogen-bond acceptors (Lipinski definition) is 9. The molecule has 1 aliphatic carbocycles. The fourth-order valence-electron chi connectivity index (χ4n) is 4.31. The molecule has 12 nitrogen and oxygen atoms in total. The maximum atomic E-state index is 12.4. The highest BCUT2D eigenvalue weighted by Gasteiger charge is 2.29. The lowest BCUT2D eigenvalue weighted by Gasteiger charge is -2.17. The largest absolute Gasteiger partial charge is 0.449 e. The van der Waals surface area contributed by atoms with Gasteiger partial charge in [0, 0.05) is 19.5 Å². The van der Waals surface area contributed by atoms with E-state index in [0.717, 1.165) is 22.3 Å². The average Bonchev–Trinajstić information content (AvgIpc) is 3.33. The predicted molar refractivity (Wildman–Crippen MR) is 154 cm³/mol. The quantitative estimate of drug-likeness (QED) is 0.211. The molecule has 2 aromatic carbocycles. The van der Waals surface area contributed by atoms with Crippen molar-refractivity contribution in [1.82, 2.24) is 16.0 Å². The van der Waals surface area contributed by atoms with Crippen LogP contribution in [0.4, 0.5) is 9.59 Å². The van der Waals surface area contributed by atoms with Gasteiger partial charge in [-0.3, -0.25) is 4.79 Å². The number of hydrogen-bond donors (Lipinski definition) is 3. The molecule has 0 saturated carbocycles. The Balaban J connectivity index is 1.16. The summed E-state index contributed by atoms with van der Waals surface area (Å²) in [4.78, 5) is 35.6. The minimum absolute atomic E-state index is 0.0467. The molecule has 0 aromatic heterocycles. The zero-order chi connectivity index (χ0) is 30.0. The van der Waals surface area contributed by atoms with Crippen molar-refractivity contribution in [2.24, 2.45) is 0 Å². The highest BCUT2D eigenvalue weighted by Crippen LogP contribution is 2.44. The highest BCUT2D eigenvalue weighted by atomic mass is 16.6. The lowest BCUT2D eigenvalue weighted by Crippen LogP contribution is -2.46. The molecular formula is C30H41N3O9. The first-order valence-corrected chi connectivity index (χ1v) is 14.1. The third-order valence-electron chi connectivity index (χ3n) is 6.40. The lowest BCUT2D eigenvalue weighted by molar-refractivity contribution is -0.122. The van der Waals surface area contributed by atoms with Gasteiger partial charge < -0.3 is 44.4 Å². The molecule has 0 heterocycles. The number of amides is 3. The maximum Gasteiger partial charge on any atom is 0.407 e. The van der Waals surface area contributed by atoms with Crippen molar-refractivity contribution < 1.29 is 42.8 Å². The number of alkyl carbamates (subject to hydrolysis) is 2. The summed E-state index contributed by atoms with van der Waals surface area (Å²) in [7, 11) is 1.49. The first-order chi connectivity index (χ1) is 20.5. The number of carbonyl (C=O) groups excluding carboxylic acids is 3. The van der Waals surface area contributed by atoms with E-state index >= 15 is 0 Å². The van der Waals surface area contributed by atoms with Crippen LogP contribution in [0.15, 0.2) is 48.5 Å². The van der Waals surface area contributed by atoms with E-state index in [0.29, 0.717) is 59.4 Å². The van der Waals surface area contributed by atoms with Gasteiger partial charge in [-0.25, -0.2) is 9.59 Å². The van der Waals surface area contributed by atoms with Crippen LogP contribution in [0.2, 0.25) is 0 Å². The molecule has 3 amide bonds. The van der Waals surface area contributed by atoms with E-state index in [4.69, 9.17) is 28.4 Å². The van der Waals surface area contributed by atoms with Gasteiger partial charge in [-0.1, -0.05) is 48.5 Å². The Labute approximate surface area is 246 Å². The van der Waals surface area contributed by atoms with E-state index in [-0.39, 0.29) is 25.0 Å². The molecule has 12 heteroatoms. The van der Waals surface area contributed by atoms with Crippen molar-refractivity contribution in [3.05, 3.63) is 59.7 Å². The summed E-state index contributed by atoms with van der Waals surface area (Å²) in [6.07, 6.45) is -1.13. The van der Waals surface area contributed by atoms with Gasteiger partial charge in [-0.15, -0.1) is 0 Å². The molecule has 0 aliphatic heterocycles. The van der Waals surface area contributed by atoms with Crippen LogP contribution < -0.4 is 16.0 Å². The van der Waals surface area contributed by atoms with E-state index in [2.05, 4.69) is 40.2 Å². The van der Waals surface area contributed by atoms with E-state index in [1.165, 1.54) is 7.05 Å². The first-order valence-electron chi connectivity index (χ1n) is 14.1. The van der Waals surface area contributed by atoms with Crippen molar-refractivity contribution >= 4 is 18.1 Å². The van der Waals surface area contributed by atoms with E-state index in [1.54, 1.807) is 6.92 Å². The lowest BCUT2D eigenvalue weighted by atomic mass is 9.98. The first kappa shape index (κ1) is 32.8. The fourth-order valence-corrected chi connectivity index (χ4v) is 4.31. The van der Waals surface area contributed by atoms with Gasteiger partial charge in [0.05, 0.1) is 52.9 Å². The number of carbonyl (C=O) groups is 3. The molecular weight excluding hydrogens is 546 g/mol. The second-order valence-corrected chi connectivity index (χ2v) is 9.32. The number of benzene rings is 2. The highest BCUT2D eigenvalue weighted by molar-refractivity contribution is 5.85. The van der Waals surface area contributed by atoms with E-state index in [1.807, 2.05) is 24.3 Å². The van der Waals surface area contributed by atoms with Crippen LogP contribution in [-0.2, 0) is 33.2 Å². The van der Waals surface area contributed by atoms with Crippen LogP contribution in [0.1, 0.15) is 24.0 Å². The van der Waals surface area contributed by atoms with Gasteiger partial charge in [0.2, 0.25) is 5.91 Å². The van der Waals surface area contributed by atoms with Crippen LogP contribution >= 0.6 is 0 Å². The molecule has 3 N–H and O–H groups in total. The number of rotatable bonds is 19. The van der Waals surface area contributed by atoms with Crippen molar-refractivity contribution in [3.63, 3.8) is 0 Å². The van der Waals surface area contributed by atoms with Gasteiger partial charge in [0.1, 0.15) is 19.3 Å². The zero-order valence-corrected chi connectivity index (χ0v) is 24.2. The van der Waals surface area contributed by atoms with Crippen molar-refractivity contribution in [1.29, 1.82) is 0 Å². The number of fused-ring (bicyclic) bond motifs is 3. The molecule has 42 heavy (non-hydrogen) atoms. The number of ether oxygens (including phenoxy) is 6. The maximum absolute atomic E-state index is 12.4. The van der Waals surface area contributed by atoms with E-state index in [9.17, 15) is 14.4 Å².